The molecule has 0 N–H and O–H groups in total. The number of carbonyl (C=O) groups is 2. The van der Waals surface area contributed by atoms with Crippen molar-refractivity contribution in [3.05, 3.63) is 53.9 Å². The molecule has 0 spiro atoms. The number of nitrogens with zero attached hydrogens (tertiary/aromatic N) is 1. The van der Waals surface area contributed by atoms with Crippen LogP contribution in [0.5, 0.6) is 0 Å². The van der Waals surface area contributed by atoms with Crippen LogP contribution in [0, 0.1) is 17.8 Å². The largest absolute Gasteiger partial charge is 0.368 e. The Hall–Kier alpha value is -1.84. The van der Waals surface area contributed by atoms with E-state index in [9.17, 15) is 9.59 Å². The Bertz CT molecular complexity index is 1730. The average molecular weight is 838 g/mol. The fourth-order valence-corrected chi connectivity index (χ4v) is 12.5. The van der Waals surface area contributed by atoms with Gasteiger partial charge in [0, 0.05) is 42.1 Å². The van der Waals surface area contributed by atoms with E-state index in [1.54, 1.807) is 27.6 Å². The van der Waals surface area contributed by atoms with Gasteiger partial charge in [-0.1, -0.05) is 141 Å². The molecule has 3 aromatic heterocycles. The highest BCUT2D eigenvalue weighted by Crippen LogP contribution is 2.56. The average Bonchev–Trinajstić information content (AvgIpc) is 3.97. The maximum absolute atomic E-state index is 14.7. The molecule has 0 saturated heterocycles. The van der Waals surface area contributed by atoms with Gasteiger partial charge in [-0.15, -0.1) is 34.0 Å². The van der Waals surface area contributed by atoms with Crippen molar-refractivity contribution in [1.29, 1.82) is 0 Å². The second-order valence-corrected chi connectivity index (χ2v) is 21.9. The fraction of sp³-hybridized carbons (Fsp3) is 0.714. The van der Waals surface area contributed by atoms with Crippen LogP contribution in [-0.2, 0) is 20.3 Å². The summed E-state index contributed by atoms with van der Waals surface area (Å²) < 4.78 is 14.3. The highest BCUT2D eigenvalue weighted by molar-refractivity contribution is 7.23. The number of imide groups is 1. The number of fused-ring (bicyclic) bond motifs is 3. The van der Waals surface area contributed by atoms with Crippen LogP contribution >= 0.6 is 34.0 Å². The summed E-state index contributed by atoms with van der Waals surface area (Å²) in [7, 11) is 0. The summed E-state index contributed by atoms with van der Waals surface area (Å²) >= 11 is 5.34. The lowest BCUT2D eigenvalue weighted by molar-refractivity contribution is 0.0249. The molecule has 2 amide bonds. The molecule has 0 saturated carbocycles. The summed E-state index contributed by atoms with van der Waals surface area (Å²) in [5.41, 5.74) is 3.47. The van der Waals surface area contributed by atoms with Crippen LogP contribution in [-0.4, -0.2) is 36.5 Å². The maximum atomic E-state index is 14.7. The minimum atomic E-state index is -0.242. The summed E-state index contributed by atoms with van der Waals surface area (Å²) in [6, 6.07) is 4.74. The topological polar surface area (TPSA) is 55.8 Å². The Morgan fingerprint density at radius 2 is 1.14 bits per heavy atom. The molecule has 1 aliphatic carbocycles. The van der Waals surface area contributed by atoms with Crippen LogP contribution in [0.15, 0.2) is 12.1 Å². The maximum Gasteiger partial charge on any atom is 0.263 e. The molecule has 1 aliphatic heterocycles. The molecule has 0 aromatic carbocycles. The summed E-state index contributed by atoms with van der Waals surface area (Å²) in [5.74, 6) is 1.12. The third-order valence-electron chi connectivity index (χ3n) is 13.0. The van der Waals surface area contributed by atoms with Gasteiger partial charge in [-0.05, 0) is 66.4 Å². The smallest absolute Gasteiger partial charge is 0.263 e. The van der Waals surface area contributed by atoms with E-state index < -0.39 is 0 Å². The van der Waals surface area contributed by atoms with E-state index in [0.717, 1.165) is 72.8 Å². The third-order valence-corrected chi connectivity index (χ3v) is 17.5. The van der Waals surface area contributed by atoms with Crippen molar-refractivity contribution in [2.75, 3.05) is 19.8 Å². The number of carbonyl (C=O) groups excluding carboxylic acids is 2. The molecule has 4 heterocycles. The lowest BCUT2D eigenvalue weighted by Crippen LogP contribution is -2.35. The van der Waals surface area contributed by atoms with Crippen molar-refractivity contribution >= 4 is 45.8 Å². The number of thiophene rings is 3. The lowest BCUT2D eigenvalue weighted by Gasteiger charge is -2.31. The number of ether oxygens (including phenoxy) is 2. The quantitative estimate of drug-likeness (QED) is 0.0893. The summed E-state index contributed by atoms with van der Waals surface area (Å²) in [5, 5.41) is 0. The van der Waals surface area contributed by atoms with Gasteiger partial charge in [0.1, 0.15) is 12.2 Å². The first-order valence-electron chi connectivity index (χ1n) is 22.7. The molecular formula is C49H75NO4S3. The number of hydrogen-bond donors (Lipinski definition) is 0. The van der Waals surface area contributed by atoms with Gasteiger partial charge in [-0.2, -0.15) is 0 Å². The minimum Gasteiger partial charge on any atom is -0.368 e. The molecule has 0 bridgehead atoms. The van der Waals surface area contributed by atoms with E-state index in [0.29, 0.717) is 35.4 Å². The Kier molecular flexibility index (Phi) is 16.3. The van der Waals surface area contributed by atoms with Crippen LogP contribution in [0.2, 0.25) is 0 Å². The first kappa shape index (κ1) is 46.2. The second kappa shape index (κ2) is 20.1. The Labute approximate surface area is 358 Å². The van der Waals surface area contributed by atoms with Crippen molar-refractivity contribution in [3.8, 4) is 9.75 Å². The highest BCUT2D eigenvalue weighted by Gasteiger charge is 2.46. The normalized spacial score (nSPS) is 18.6. The number of amides is 2. The Morgan fingerprint density at radius 3 is 1.63 bits per heavy atom. The summed E-state index contributed by atoms with van der Waals surface area (Å²) in [4.78, 5) is 37.6. The zero-order valence-electron chi connectivity index (χ0n) is 37.7. The molecule has 0 radical (unpaired) electrons. The Balaban J connectivity index is 1.67. The number of unbranched alkanes of at least 4 members (excludes halogenated alkanes) is 3. The molecule has 5 rings (SSSR count). The van der Waals surface area contributed by atoms with Gasteiger partial charge >= 0.3 is 0 Å². The van der Waals surface area contributed by atoms with Crippen LogP contribution in [0.3, 0.4) is 0 Å². The zero-order chi connectivity index (χ0) is 41.7. The van der Waals surface area contributed by atoms with Gasteiger partial charge < -0.3 is 9.47 Å². The van der Waals surface area contributed by atoms with Gasteiger partial charge in [0.15, 0.2) is 0 Å². The van der Waals surface area contributed by atoms with Gasteiger partial charge in [0.05, 0.1) is 29.2 Å². The first-order chi connectivity index (χ1) is 27.2. The van der Waals surface area contributed by atoms with Crippen LogP contribution < -0.4 is 0 Å². The molecule has 5 unspecified atom stereocenters. The van der Waals surface area contributed by atoms with E-state index in [1.165, 1.54) is 64.3 Å². The summed E-state index contributed by atoms with van der Waals surface area (Å²) in [6.07, 6.45) is 14.1. The van der Waals surface area contributed by atoms with Crippen molar-refractivity contribution in [2.24, 2.45) is 17.8 Å². The van der Waals surface area contributed by atoms with Crippen molar-refractivity contribution < 1.29 is 19.1 Å². The van der Waals surface area contributed by atoms with E-state index in [2.05, 4.69) is 95.2 Å². The van der Waals surface area contributed by atoms with E-state index in [-0.39, 0.29) is 34.9 Å². The lowest BCUT2D eigenvalue weighted by atomic mass is 9.85. The van der Waals surface area contributed by atoms with E-state index in [4.69, 9.17) is 9.47 Å². The van der Waals surface area contributed by atoms with Gasteiger partial charge in [-0.25, -0.2) is 0 Å². The fourth-order valence-electron chi connectivity index (χ4n) is 8.37. The summed E-state index contributed by atoms with van der Waals surface area (Å²) in [6.45, 7) is 29.0. The van der Waals surface area contributed by atoms with Crippen LogP contribution in [0.4, 0.5) is 0 Å². The molecule has 5 nitrogen and oxygen atoms in total. The molecule has 8 heteroatoms. The van der Waals surface area contributed by atoms with Gasteiger partial charge in [0.2, 0.25) is 0 Å². The SMILES string of the molecule is CCCCC(CC)COC1c2cc(C(C)(C)C)sc2C(OCC(CC)CCCC)c2cc(-c3sc(C(C)(C)CC)c4c3C(=O)N(CC(CC)CCCC)C4=O)sc21. The predicted molar refractivity (Wildman–Crippen MR) is 245 cm³/mol. The molecule has 0 fully saturated rings. The van der Waals surface area contributed by atoms with Crippen molar-refractivity contribution in [3.63, 3.8) is 0 Å². The first-order valence-corrected chi connectivity index (χ1v) is 25.2. The zero-order valence-corrected chi connectivity index (χ0v) is 40.1. The standard InChI is InChI=1S/C49H75NO4S3/c1-13-20-23-31(16-4)28-50-46(51)38-39(47(50)52)45(49(11,12)19-7)57-44(38)36-26-34-40(53-29-32(17-5)24-21-14-2)43-35(27-37(56-43)48(8,9)10)41(42(34)55-36)54-30-33(18-6)25-22-15-3/h26-27,31-33,40-41H,13-25,28-30H2,1-12H3. The molecule has 57 heavy (non-hydrogen) atoms. The van der Waals surface area contributed by atoms with Gasteiger partial charge in [0.25, 0.3) is 11.8 Å². The molecule has 2 aliphatic rings. The molecule has 3 aromatic rings. The second-order valence-electron chi connectivity index (χ2n) is 18.8. The Morgan fingerprint density at radius 1 is 0.649 bits per heavy atom. The molecule has 318 valence electrons. The van der Waals surface area contributed by atoms with Gasteiger partial charge in [-0.3, -0.25) is 14.5 Å². The van der Waals surface area contributed by atoms with Crippen LogP contribution in [0.25, 0.3) is 9.75 Å². The van der Waals surface area contributed by atoms with Crippen LogP contribution in [0.1, 0.15) is 230 Å². The van der Waals surface area contributed by atoms with Crippen molar-refractivity contribution in [1.82, 2.24) is 4.90 Å². The monoisotopic (exact) mass is 837 g/mol. The minimum absolute atomic E-state index is 0.00194. The van der Waals surface area contributed by atoms with E-state index >= 15 is 0 Å². The highest BCUT2D eigenvalue weighted by atomic mass is 32.1. The third kappa shape index (κ3) is 10.0. The molecule has 5 atom stereocenters. The number of hydrogen-bond acceptors (Lipinski definition) is 7. The molecular weight excluding hydrogens is 763 g/mol. The van der Waals surface area contributed by atoms with Crippen molar-refractivity contribution in [2.45, 2.75) is 190 Å². The number of rotatable bonds is 23. The van der Waals surface area contributed by atoms with E-state index in [1.807, 2.05) is 11.3 Å². The predicted octanol–water partition coefficient (Wildman–Crippen LogP) is 15.3.